The minimum atomic E-state index is -0.642. The van der Waals surface area contributed by atoms with E-state index in [-0.39, 0.29) is 11.5 Å². The van der Waals surface area contributed by atoms with Crippen molar-refractivity contribution in [2.75, 3.05) is 0 Å². The quantitative estimate of drug-likeness (QED) is 0.334. The molecule has 2 heterocycles. The molecule has 0 aliphatic rings. The Morgan fingerprint density at radius 3 is 2.83 bits per heavy atom. The first kappa shape index (κ1) is 15.8. The smallest absolute Gasteiger partial charge is 0.411 e. The molecule has 0 bridgehead atoms. The van der Waals surface area contributed by atoms with E-state index in [9.17, 15) is 10.1 Å². The highest BCUT2D eigenvalue weighted by Crippen LogP contribution is 2.29. The summed E-state index contributed by atoms with van der Waals surface area (Å²) in [6, 6.07) is 8.11. The Bertz CT molecular complexity index is 945. The second-order valence-electron chi connectivity index (χ2n) is 4.97. The summed E-state index contributed by atoms with van der Waals surface area (Å²) in [4.78, 5) is 10.1. The first-order valence-electron chi connectivity index (χ1n) is 6.78. The van der Waals surface area contributed by atoms with Gasteiger partial charge in [0.15, 0.2) is 5.76 Å². The van der Waals surface area contributed by atoms with Crippen LogP contribution in [0.15, 0.2) is 46.1 Å². The van der Waals surface area contributed by atoms with Crippen LogP contribution in [0.1, 0.15) is 11.1 Å². The summed E-state index contributed by atoms with van der Waals surface area (Å²) in [5, 5.41) is 27.4. The molecule has 0 aliphatic heterocycles. The number of furan rings is 1. The molecule has 1 N–H and O–H groups in total. The van der Waals surface area contributed by atoms with Crippen molar-refractivity contribution in [1.29, 1.82) is 0 Å². The van der Waals surface area contributed by atoms with Crippen molar-refractivity contribution in [2.24, 2.45) is 5.16 Å². The number of rotatable bonds is 4. The summed E-state index contributed by atoms with van der Waals surface area (Å²) < 4.78 is 6.65. The lowest BCUT2D eigenvalue weighted by atomic mass is 10.2. The van der Waals surface area contributed by atoms with Gasteiger partial charge in [0.05, 0.1) is 23.0 Å². The summed E-state index contributed by atoms with van der Waals surface area (Å²) >= 11 is 6.24. The zero-order valence-electron chi connectivity index (χ0n) is 12.4. The van der Waals surface area contributed by atoms with Gasteiger partial charge in [0.25, 0.3) is 0 Å². The summed E-state index contributed by atoms with van der Waals surface area (Å²) in [6.07, 6.45) is 2.75. The van der Waals surface area contributed by atoms with E-state index in [0.29, 0.717) is 16.3 Å². The molecule has 0 radical (unpaired) electrons. The number of oxime groups is 1. The molecule has 3 rings (SSSR count). The molecule has 2 aromatic heterocycles. The van der Waals surface area contributed by atoms with Gasteiger partial charge < -0.3 is 9.62 Å². The Morgan fingerprint density at radius 2 is 2.21 bits per heavy atom. The van der Waals surface area contributed by atoms with E-state index in [1.54, 1.807) is 18.3 Å². The number of hydrogen-bond acceptors (Lipinski definition) is 6. The summed E-state index contributed by atoms with van der Waals surface area (Å²) in [5.74, 6) is -0.224. The average Bonchev–Trinajstić information content (AvgIpc) is 3.14. The standard InChI is InChI=1S/C15H11ClN4O4/c1-9-2-3-12(11(16)6-9)19-8-10(7-17-21)15(18-19)13-4-5-14(24-13)20(22)23/h2-8,21H,1H3. The number of aryl methyl sites for hydroxylation is 1. The van der Waals surface area contributed by atoms with Gasteiger partial charge >= 0.3 is 5.88 Å². The van der Waals surface area contributed by atoms with E-state index < -0.39 is 10.8 Å². The van der Waals surface area contributed by atoms with Crippen molar-refractivity contribution < 1.29 is 14.5 Å². The molecule has 0 fully saturated rings. The lowest BCUT2D eigenvalue weighted by molar-refractivity contribution is -0.401. The number of aromatic nitrogens is 2. The second-order valence-corrected chi connectivity index (χ2v) is 5.38. The van der Waals surface area contributed by atoms with Crippen LogP contribution in [-0.2, 0) is 0 Å². The number of nitro groups is 1. The molecule has 1 aromatic carbocycles. The van der Waals surface area contributed by atoms with Crippen LogP contribution < -0.4 is 0 Å². The van der Waals surface area contributed by atoms with Crippen LogP contribution in [0.3, 0.4) is 0 Å². The van der Waals surface area contributed by atoms with Gasteiger partial charge in [0.2, 0.25) is 0 Å². The fraction of sp³-hybridized carbons (Fsp3) is 0.0667. The highest BCUT2D eigenvalue weighted by atomic mass is 35.5. The molecule has 24 heavy (non-hydrogen) atoms. The highest BCUT2D eigenvalue weighted by molar-refractivity contribution is 6.32. The number of nitrogens with zero attached hydrogens (tertiary/aromatic N) is 4. The van der Waals surface area contributed by atoms with Crippen molar-refractivity contribution in [3.8, 4) is 17.1 Å². The monoisotopic (exact) mass is 346 g/mol. The molecule has 3 aromatic rings. The van der Waals surface area contributed by atoms with E-state index in [0.717, 1.165) is 11.8 Å². The van der Waals surface area contributed by atoms with Crippen LogP contribution >= 0.6 is 11.6 Å². The Hall–Kier alpha value is -3.13. The average molecular weight is 347 g/mol. The number of benzene rings is 1. The first-order valence-corrected chi connectivity index (χ1v) is 7.15. The molecular weight excluding hydrogens is 336 g/mol. The van der Waals surface area contributed by atoms with Gasteiger partial charge in [-0.15, -0.1) is 0 Å². The van der Waals surface area contributed by atoms with Crippen LogP contribution in [-0.4, -0.2) is 26.1 Å². The van der Waals surface area contributed by atoms with Crippen LogP contribution in [0.25, 0.3) is 17.1 Å². The molecule has 0 spiro atoms. The maximum atomic E-state index is 10.8. The van der Waals surface area contributed by atoms with Crippen LogP contribution in [0, 0.1) is 17.0 Å². The molecule has 0 atom stereocenters. The zero-order valence-corrected chi connectivity index (χ0v) is 13.1. The van der Waals surface area contributed by atoms with E-state index >= 15 is 0 Å². The molecule has 9 heteroatoms. The molecular formula is C15H11ClN4O4. The molecule has 0 aliphatic carbocycles. The van der Waals surface area contributed by atoms with Crippen LogP contribution in [0.2, 0.25) is 5.02 Å². The molecule has 122 valence electrons. The van der Waals surface area contributed by atoms with Crippen molar-refractivity contribution in [2.45, 2.75) is 6.92 Å². The fourth-order valence-corrected chi connectivity index (χ4v) is 2.53. The van der Waals surface area contributed by atoms with Crippen LogP contribution in [0.4, 0.5) is 5.88 Å². The number of hydrogen-bond donors (Lipinski definition) is 1. The topological polar surface area (TPSA) is 107 Å². The third-order valence-corrected chi connectivity index (χ3v) is 3.60. The molecule has 0 amide bonds. The Morgan fingerprint density at radius 1 is 1.42 bits per heavy atom. The minimum absolute atomic E-state index is 0.179. The van der Waals surface area contributed by atoms with Crippen molar-refractivity contribution in [3.63, 3.8) is 0 Å². The maximum Gasteiger partial charge on any atom is 0.433 e. The van der Waals surface area contributed by atoms with Crippen molar-refractivity contribution in [1.82, 2.24) is 9.78 Å². The summed E-state index contributed by atoms with van der Waals surface area (Å²) in [5.41, 5.74) is 2.31. The van der Waals surface area contributed by atoms with Gasteiger partial charge in [-0.05, 0) is 30.7 Å². The van der Waals surface area contributed by atoms with Gasteiger partial charge in [0, 0.05) is 11.8 Å². The molecule has 8 nitrogen and oxygen atoms in total. The van der Waals surface area contributed by atoms with Gasteiger partial charge in [-0.2, -0.15) is 5.10 Å². The summed E-state index contributed by atoms with van der Waals surface area (Å²) in [7, 11) is 0. The normalized spacial score (nSPS) is 11.2. The zero-order chi connectivity index (χ0) is 17.3. The van der Waals surface area contributed by atoms with Crippen molar-refractivity contribution >= 4 is 23.7 Å². The van der Waals surface area contributed by atoms with Gasteiger partial charge in [-0.25, -0.2) is 4.68 Å². The van der Waals surface area contributed by atoms with Gasteiger partial charge in [0.1, 0.15) is 10.6 Å². The summed E-state index contributed by atoms with van der Waals surface area (Å²) in [6.45, 7) is 1.91. The molecule has 0 saturated carbocycles. The van der Waals surface area contributed by atoms with E-state index in [2.05, 4.69) is 10.3 Å². The Kier molecular flexibility index (Phi) is 4.05. The lowest BCUT2D eigenvalue weighted by Gasteiger charge is -2.04. The predicted molar refractivity (Wildman–Crippen MR) is 87.0 cm³/mol. The predicted octanol–water partition coefficient (Wildman–Crippen LogP) is 3.81. The maximum absolute atomic E-state index is 10.8. The van der Waals surface area contributed by atoms with Crippen molar-refractivity contribution in [3.05, 3.63) is 62.8 Å². The SMILES string of the molecule is Cc1ccc(-n2cc(C=NO)c(-c3ccc([N+](=O)[O-])o3)n2)c(Cl)c1. The van der Waals surface area contributed by atoms with E-state index in [4.69, 9.17) is 21.2 Å². The largest absolute Gasteiger partial charge is 0.433 e. The molecule has 0 unspecified atom stereocenters. The number of halogens is 1. The minimum Gasteiger partial charge on any atom is -0.411 e. The van der Waals surface area contributed by atoms with Gasteiger partial charge in [-0.1, -0.05) is 22.8 Å². The molecule has 0 saturated heterocycles. The highest BCUT2D eigenvalue weighted by Gasteiger charge is 2.19. The third kappa shape index (κ3) is 2.86. The Balaban J connectivity index is 2.12. The second kappa shape index (κ2) is 6.17. The fourth-order valence-electron chi connectivity index (χ4n) is 2.21. The lowest BCUT2D eigenvalue weighted by Crippen LogP contribution is -1.96. The van der Waals surface area contributed by atoms with E-state index in [1.165, 1.54) is 16.8 Å². The van der Waals surface area contributed by atoms with E-state index in [1.807, 2.05) is 13.0 Å². The Labute approximate surface area is 140 Å². The van der Waals surface area contributed by atoms with Gasteiger partial charge in [-0.3, -0.25) is 10.1 Å². The third-order valence-electron chi connectivity index (χ3n) is 3.29. The van der Waals surface area contributed by atoms with Crippen LogP contribution in [0.5, 0.6) is 0 Å². The first-order chi connectivity index (χ1) is 11.5.